The zero-order valence-corrected chi connectivity index (χ0v) is 13.2. The Hall–Kier alpha value is -0.870. The minimum atomic E-state index is 0.271. The molecule has 4 rings (SSSR count). The SMILES string of the molecule is CC1(C)C(NC2CCCC2n2ccnc2)C2CCCOC21. The second kappa shape index (κ2) is 5.10. The quantitative estimate of drug-likeness (QED) is 0.930. The molecule has 5 unspecified atom stereocenters. The Bertz CT molecular complexity index is 484. The summed E-state index contributed by atoms with van der Waals surface area (Å²) in [6.45, 7) is 5.70. The topological polar surface area (TPSA) is 39.1 Å². The summed E-state index contributed by atoms with van der Waals surface area (Å²) in [6, 6.07) is 1.77. The summed E-state index contributed by atoms with van der Waals surface area (Å²) < 4.78 is 8.33. The molecule has 1 aromatic rings. The van der Waals surface area contributed by atoms with Crippen LogP contribution in [0.3, 0.4) is 0 Å². The molecule has 116 valence electrons. The monoisotopic (exact) mass is 289 g/mol. The molecule has 3 fully saturated rings. The van der Waals surface area contributed by atoms with E-state index in [1.54, 1.807) is 0 Å². The predicted molar refractivity (Wildman–Crippen MR) is 82.1 cm³/mol. The van der Waals surface area contributed by atoms with Gasteiger partial charge in [0.1, 0.15) is 0 Å². The first-order valence-electron chi connectivity index (χ1n) is 8.53. The van der Waals surface area contributed by atoms with Gasteiger partial charge in [-0.15, -0.1) is 0 Å². The summed E-state index contributed by atoms with van der Waals surface area (Å²) in [6.07, 6.45) is 12.9. The summed E-state index contributed by atoms with van der Waals surface area (Å²) in [5, 5.41) is 4.01. The second-order valence-corrected chi connectivity index (χ2v) is 7.68. The third-order valence-electron chi connectivity index (χ3n) is 6.11. The summed E-state index contributed by atoms with van der Waals surface area (Å²) in [5.41, 5.74) is 0.271. The van der Waals surface area contributed by atoms with Crippen LogP contribution in [0.15, 0.2) is 18.7 Å². The molecule has 0 radical (unpaired) electrons. The standard InChI is InChI=1S/C17H27N3O/c1-17(2)15(12-5-4-10-21-16(12)17)19-13-6-3-7-14(13)20-9-8-18-11-20/h8-9,11-16,19H,3-7,10H2,1-2H3. The highest BCUT2D eigenvalue weighted by atomic mass is 16.5. The fourth-order valence-electron chi connectivity index (χ4n) is 5.05. The van der Waals surface area contributed by atoms with Gasteiger partial charge in [0.2, 0.25) is 0 Å². The number of nitrogens with one attached hydrogen (secondary N) is 1. The molecule has 21 heavy (non-hydrogen) atoms. The van der Waals surface area contributed by atoms with Gasteiger partial charge in [0.05, 0.1) is 12.4 Å². The molecule has 4 heteroatoms. The summed E-state index contributed by atoms with van der Waals surface area (Å²) in [7, 11) is 0. The number of hydrogen-bond donors (Lipinski definition) is 1. The van der Waals surface area contributed by atoms with Crippen LogP contribution in [0.4, 0.5) is 0 Å². The highest BCUT2D eigenvalue weighted by Crippen LogP contribution is 2.52. The number of hydrogen-bond acceptors (Lipinski definition) is 3. The second-order valence-electron chi connectivity index (χ2n) is 7.68. The average molecular weight is 289 g/mol. The van der Waals surface area contributed by atoms with Crippen molar-refractivity contribution in [3.63, 3.8) is 0 Å². The van der Waals surface area contributed by atoms with Gasteiger partial charge in [-0.1, -0.05) is 13.8 Å². The first-order valence-corrected chi connectivity index (χ1v) is 8.53. The van der Waals surface area contributed by atoms with E-state index in [1.807, 2.05) is 12.5 Å². The van der Waals surface area contributed by atoms with Crippen LogP contribution in [0.25, 0.3) is 0 Å². The normalized spacial score (nSPS) is 41.5. The van der Waals surface area contributed by atoms with E-state index in [4.69, 9.17) is 4.74 Å². The van der Waals surface area contributed by atoms with Crippen molar-refractivity contribution in [2.24, 2.45) is 11.3 Å². The van der Waals surface area contributed by atoms with Crippen LogP contribution in [-0.4, -0.2) is 34.3 Å². The molecule has 2 saturated carbocycles. The van der Waals surface area contributed by atoms with Crippen molar-refractivity contribution in [2.45, 2.75) is 70.2 Å². The summed E-state index contributed by atoms with van der Waals surface area (Å²) >= 11 is 0. The number of imidazole rings is 1. The van der Waals surface area contributed by atoms with Gasteiger partial charge in [-0.3, -0.25) is 0 Å². The van der Waals surface area contributed by atoms with Crippen LogP contribution in [0.5, 0.6) is 0 Å². The van der Waals surface area contributed by atoms with Gasteiger partial charge in [-0.25, -0.2) is 4.98 Å². The van der Waals surface area contributed by atoms with E-state index in [9.17, 15) is 0 Å². The molecular formula is C17H27N3O. The number of rotatable bonds is 3. The molecular weight excluding hydrogens is 262 g/mol. The Morgan fingerprint density at radius 1 is 1.24 bits per heavy atom. The summed E-state index contributed by atoms with van der Waals surface area (Å²) in [4.78, 5) is 4.22. The lowest BCUT2D eigenvalue weighted by atomic mass is 9.55. The van der Waals surface area contributed by atoms with E-state index in [0.717, 1.165) is 12.5 Å². The van der Waals surface area contributed by atoms with E-state index in [0.29, 0.717) is 24.2 Å². The van der Waals surface area contributed by atoms with E-state index >= 15 is 0 Å². The van der Waals surface area contributed by atoms with Gasteiger partial charge in [-0.05, 0) is 32.1 Å². The zero-order chi connectivity index (χ0) is 14.4. The van der Waals surface area contributed by atoms with Gasteiger partial charge in [0.25, 0.3) is 0 Å². The van der Waals surface area contributed by atoms with Crippen LogP contribution in [0.2, 0.25) is 0 Å². The highest BCUT2D eigenvalue weighted by Gasteiger charge is 2.58. The molecule has 1 saturated heterocycles. The van der Waals surface area contributed by atoms with Crippen molar-refractivity contribution < 1.29 is 4.74 Å². The Balaban J connectivity index is 1.48. The number of fused-ring (bicyclic) bond motifs is 1. The van der Waals surface area contributed by atoms with Crippen molar-refractivity contribution in [3.8, 4) is 0 Å². The maximum atomic E-state index is 6.03. The van der Waals surface area contributed by atoms with Gasteiger partial charge in [0, 0.05) is 48.5 Å². The zero-order valence-electron chi connectivity index (χ0n) is 13.2. The van der Waals surface area contributed by atoms with Crippen LogP contribution in [-0.2, 0) is 4.74 Å². The van der Waals surface area contributed by atoms with Crippen LogP contribution in [0, 0.1) is 11.3 Å². The average Bonchev–Trinajstić information content (AvgIpc) is 3.15. The molecule has 0 amide bonds. The van der Waals surface area contributed by atoms with Crippen LogP contribution >= 0.6 is 0 Å². The lowest BCUT2D eigenvalue weighted by molar-refractivity contribution is -0.194. The minimum absolute atomic E-state index is 0.271. The lowest BCUT2D eigenvalue weighted by Crippen LogP contribution is -2.70. The molecule has 5 atom stereocenters. The van der Waals surface area contributed by atoms with Gasteiger partial charge < -0.3 is 14.6 Å². The maximum Gasteiger partial charge on any atom is 0.0949 e. The molecule has 2 aliphatic carbocycles. The first-order chi connectivity index (χ1) is 10.2. The smallest absolute Gasteiger partial charge is 0.0949 e. The van der Waals surface area contributed by atoms with Crippen molar-refractivity contribution in [3.05, 3.63) is 18.7 Å². The van der Waals surface area contributed by atoms with E-state index < -0.39 is 0 Å². The molecule has 4 nitrogen and oxygen atoms in total. The highest BCUT2D eigenvalue weighted by molar-refractivity contribution is 5.11. The molecule has 0 aromatic carbocycles. The Morgan fingerprint density at radius 3 is 2.95 bits per heavy atom. The minimum Gasteiger partial charge on any atom is -0.377 e. The third kappa shape index (κ3) is 2.15. The number of aromatic nitrogens is 2. The van der Waals surface area contributed by atoms with Crippen molar-refractivity contribution in [1.29, 1.82) is 0 Å². The molecule has 2 heterocycles. The van der Waals surface area contributed by atoms with Gasteiger partial charge in [0.15, 0.2) is 0 Å². The molecule has 1 N–H and O–H groups in total. The fraction of sp³-hybridized carbons (Fsp3) is 0.824. The Morgan fingerprint density at radius 2 is 2.14 bits per heavy atom. The third-order valence-corrected chi connectivity index (χ3v) is 6.11. The van der Waals surface area contributed by atoms with Crippen LogP contribution < -0.4 is 5.32 Å². The van der Waals surface area contributed by atoms with Crippen LogP contribution in [0.1, 0.15) is 52.0 Å². The number of nitrogens with zero attached hydrogens (tertiary/aromatic N) is 2. The largest absolute Gasteiger partial charge is 0.377 e. The van der Waals surface area contributed by atoms with Crippen molar-refractivity contribution in [1.82, 2.24) is 14.9 Å². The predicted octanol–water partition coefficient (Wildman–Crippen LogP) is 2.77. The first kappa shape index (κ1) is 13.8. The molecule has 0 spiro atoms. The fourth-order valence-corrected chi connectivity index (χ4v) is 5.05. The molecule has 1 aromatic heterocycles. The van der Waals surface area contributed by atoms with E-state index in [2.05, 4.69) is 34.9 Å². The Kier molecular flexibility index (Phi) is 3.34. The lowest BCUT2D eigenvalue weighted by Gasteiger charge is -2.61. The van der Waals surface area contributed by atoms with Crippen molar-refractivity contribution in [2.75, 3.05) is 6.61 Å². The van der Waals surface area contributed by atoms with Gasteiger partial charge in [-0.2, -0.15) is 0 Å². The Labute approximate surface area is 127 Å². The van der Waals surface area contributed by atoms with E-state index in [1.165, 1.54) is 32.1 Å². The van der Waals surface area contributed by atoms with Crippen molar-refractivity contribution >= 4 is 0 Å². The molecule has 0 bridgehead atoms. The molecule has 3 aliphatic rings. The van der Waals surface area contributed by atoms with E-state index in [-0.39, 0.29) is 5.41 Å². The summed E-state index contributed by atoms with van der Waals surface area (Å²) in [5.74, 6) is 0.720. The number of ether oxygens (including phenoxy) is 1. The molecule has 1 aliphatic heterocycles. The van der Waals surface area contributed by atoms with Gasteiger partial charge >= 0.3 is 0 Å². The maximum absolute atomic E-state index is 6.03.